The third-order valence-corrected chi connectivity index (χ3v) is 2.55. The van der Waals surface area contributed by atoms with Gasteiger partial charge in [-0.3, -0.25) is 4.79 Å². The molecule has 0 aliphatic carbocycles. The summed E-state index contributed by atoms with van der Waals surface area (Å²) in [4.78, 5) is 11.3. The molecule has 0 spiro atoms. The zero-order chi connectivity index (χ0) is 11.1. The maximum atomic E-state index is 11.3. The Morgan fingerprint density at radius 2 is 2.33 bits per heavy atom. The summed E-state index contributed by atoms with van der Waals surface area (Å²) in [6, 6.07) is 0. The molecule has 1 amide bonds. The highest BCUT2D eigenvalue weighted by atomic mass is 32.1. The molecule has 5 nitrogen and oxygen atoms in total. The number of hydrogen-bond donors (Lipinski definition) is 1. The highest BCUT2D eigenvalue weighted by molar-refractivity contribution is 7.15. The van der Waals surface area contributed by atoms with E-state index in [4.69, 9.17) is 4.74 Å². The van der Waals surface area contributed by atoms with E-state index in [1.54, 1.807) is 7.11 Å². The summed E-state index contributed by atoms with van der Waals surface area (Å²) in [7, 11) is 1.60. The summed E-state index contributed by atoms with van der Waals surface area (Å²) < 4.78 is 4.91. The SMILES string of the molecule is CCCCC(=O)Nc1nnc(COC)s1. The van der Waals surface area contributed by atoms with Crippen molar-refractivity contribution in [1.29, 1.82) is 0 Å². The average Bonchev–Trinajstić information content (AvgIpc) is 2.63. The van der Waals surface area contributed by atoms with Gasteiger partial charge in [-0.05, 0) is 6.42 Å². The maximum absolute atomic E-state index is 11.3. The molecule has 0 saturated carbocycles. The Hall–Kier alpha value is -1.01. The maximum Gasteiger partial charge on any atom is 0.226 e. The number of hydrogen-bond acceptors (Lipinski definition) is 5. The molecule has 6 heteroatoms. The van der Waals surface area contributed by atoms with Gasteiger partial charge in [0.05, 0.1) is 0 Å². The number of unbranched alkanes of at least 4 members (excludes halogenated alkanes) is 1. The molecule has 1 aromatic rings. The lowest BCUT2D eigenvalue weighted by Crippen LogP contribution is -2.10. The first-order valence-electron chi connectivity index (χ1n) is 4.87. The van der Waals surface area contributed by atoms with Crippen LogP contribution in [0.2, 0.25) is 0 Å². The van der Waals surface area contributed by atoms with Gasteiger partial charge in [-0.1, -0.05) is 24.7 Å². The third-order valence-electron chi connectivity index (χ3n) is 1.74. The van der Waals surface area contributed by atoms with E-state index in [1.165, 1.54) is 11.3 Å². The number of carbonyl (C=O) groups is 1. The molecular formula is C9H15N3O2S. The fraction of sp³-hybridized carbons (Fsp3) is 0.667. The molecule has 1 rings (SSSR count). The zero-order valence-corrected chi connectivity index (χ0v) is 9.76. The Labute approximate surface area is 92.9 Å². The standard InChI is InChI=1S/C9H15N3O2S/c1-3-4-5-7(13)10-9-12-11-8(15-9)6-14-2/h3-6H2,1-2H3,(H,10,12,13). The smallest absolute Gasteiger partial charge is 0.226 e. The van der Waals surface area contributed by atoms with Crippen molar-refractivity contribution in [2.45, 2.75) is 32.8 Å². The van der Waals surface area contributed by atoms with E-state index in [-0.39, 0.29) is 5.91 Å². The second kappa shape index (κ2) is 6.47. The van der Waals surface area contributed by atoms with Crippen LogP contribution < -0.4 is 5.32 Å². The first kappa shape index (κ1) is 12.1. The van der Waals surface area contributed by atoms with Gasteiger partial charge < -0.3 is 10.1 Å². The Kier molecular flexibility index (Phi) is 5.20. The summed E-state index contributed by atoms with van der Waals surface area (Å²) in [5.74, 6) is -0.00281. The van der Waals surface area contributed by atoms with Crippen molar-refractivity contribution in [2.24, 2.45) is 0 Å². The van der Waals surface area contributed by atoms with Crippen LogP contribution in [0.3, 0.4) is 0 Å². The number of carbonyl (C=O) groups excluding carboxylic acids is 1. The van der Waals surface area contributed by atoms with Crippen molar-refractivity contribution in [2.75, 3.05) is 12.4 Å². The summed E-state index contributed by atoms with van der Waals surface area (Å²) in [6.45, 7) is 2.48. The van der Waals surface area contributed by atoms with Crippen LogP contribution in [0.5, 0.6) is 0 Å². The van der Waals surface area contributed by atoms with Crippen LogP contribution in [0.15, 0.2) is 0 Å². The van der Waals surface area contributed by atoms with E-state index in [1.807, 2.05) is 0 Å². The van der Waals surface area contributed by atoms with Crippen LogP contribution in [0.25, 0.3) is 0 Å². The lowest BCUT2D eigenvalue weighted by atomic mass is 10.2. The lowest BCUT2D eigenvalue weighted by Gasteiger charge is -1.98. The van der Waals surface area contributed by atoms with E-state index in [9.17, 15) is 4.79 Å². The molecular weight excluding hydrogens is 214 g/mol. The van der Waals surface area contributed by atoms with Gasteiger partial charge in [0.25, 0.3) is 0 Å². The second-order valence-electron chi connectivity index (χ2n) is 3.09. The highest BCUT2D eigenvalue weighted by Crippen LogP contribution is 2.16. The van der Waals surface area contributed by atoms with E-state index < -0.39 is 0 Å². The minimum Gasteiger partial charge on any atom is -0.377 e. The van der Waals surface area contributed by atoms with Crippen LogP contribution >= 0.6 is 11.3 Å². The second-order valence-corrected chi connectivity index (χ2v) is 4.15. The molecule has 1 N–H and O–H groups in total. The molecule has 0 fully saturated rings. The number of rotatable bonds is 6. The molecule has 84 valence electrons. The Morgan fingerprint density at radius 1 is 1.53 bits per heavy atom. The third kappa shape index (κ3) is 4.35. The predicted molar refractivity (Wildman–Crippen MR) is 58.8 cm³/mol. The van der Waals surface area contributed by atoms with E-state index >= 15 is 0 Å². The number of aromatic nitrogens is 2. The van der Waals surface area contributed by atoms with Gasteiger partial charge in [0.15, 0.2) is 0 Å². The number of amides is 1. The quantitative estimate of drug-likeness (QED) is 0.808. The molecule has 0 atom stereocenters. The van der Waals surface area contributed by atoms with Gasteiger partial charge in [-0.15, -0.1) is 10.2 Å². The van der Waals surface area contributed by atoms with E-state index in [2.05, 4.69) is 22.4 Å². The van der Waals surface area contributed by atoms with Gasteiger partial charge >= 0.3 is 0 Å². The lowest BCUT2D eigenvalue weighted by molar-refractivity contribution is -0.116. The molecule has 0 unspecified atom stereocenters. The first-order chi connectivity index (χ1) is 7.26. The largest absolute Gasteiger partial charge is 0.377 e. The highest BCUT2D eigenvalue weighted by Gasteiger charge is 2.07. The van der Waals surface area contributed by atoms with Crippen molar-refractivity contribution in [3.63, 3.8) is 0 Å². The molecule has 0 aliphatic rings. The Morgan fingerprint density at radius 3 is 3.00 bits per heavy atom. The molecule has 0 saturated heterocycles. The minimum absolute atomic E-state index is 0.00281. The Balaban J connectivity index is 2.39. The summed E-state index contributed by atoms with van der Waals surface area (Å²) in [6.07, 6.45) is 2.45. The number of nitrogens with one attached hydrogen (secondary N) is 1. The Bertz CT molecular complexity index is 314. The first-order valence-corrected chi connectivity index (χ1v) is 5.69. The van der Waals surface area contributed by atoms with Gasteiger partial charge in [-0.2, -0.15) is 0 Å². The molecule has 1 heterocycles. The van der Waals surface area contributed by atoms with Crippen LogP contribution in [0.4, 0.5) is 5.13 Å². The zero-order valence-electron chi connectivity index (χ0n) is 8.95. The fourth-order valence-electron chi connectivity index (χ4n) is 1.01. The number of methoxy groups -OCH3 is 1. The van der Waals surface area contributed by atoms with Crippen molar-refractivity contribution in [3.8, 4) is 0 Å². The predicted octanol–water partition coefficient (Wildman–Crippen LogP) is 1.81. The minimum atomic E-state index is -0.00281. The fourth-order valence-corrected chi connectivity index (χ4v) is 1.73. The van der Waals surface area contributed by atoms with Crippen LogP contribution in [0.1, 0.15) is 31.2 Å². The van der Waals surface area contributed by atoms with E-state index in [0.29, 0.717) is 18.2 Å². The summed E-state index contributed by atoms with van der Waals surface area (Å²) in [5.41, 5.74) is 0. The molecule has 0 aliphatic heterocycles. The van der Waals surface area contributed by atoms with Gasteiger partial charge in [0.2, 0.25) is 11.0 Å². The molecule has 1 aromatic heterocycles. The molecule has 0 bridgehead atoms. The summed E-state index contributed by atoms with van der Waals surface area (Å²) in [5, 5.41) is 11.7. The van der Waals surface area contributed by atoms with Crippen molar-refractivity contribution in [3.05, 3.63) is 5.01 Å². The molecule has 0 radical (unpaired) electrons. The van der Waals surface area contributed by atoms with Crippen molar-refractivity contribution in [1.82, 2.24) is 10.2 Å². The van der Waals surface area contributed by atoms with E-state index in [0.717, 1.165) is 17.8 Å². The normalized spacial score (nSPS) is 10.3. The van der Waals surface area contributed by atoms with Crippen LogP contribution in [-0.2, 0) is 16.1 Å². The van der Waals surface area contributed by atoms with Gasteiger partial charge in [0, 0.05) is 13.5 Å². The topological polar surface area (TPSA) is 64.1 Å². The monoisotopic (exact) mass is 229 g/mol. The summed E-state index contributed by atoms with van der Waals surface area (Å²) >= 11 is 1.34. The number of ether oxygens (including phenoxy) is 1. The van der Waals surface area contributed by atoms with Crippen molar-refractivity contribution < 1.29 is 9.53 Å². The average molecular weight is 229 g/mol. The van der Waals surface area contributed by atoms with Crippen LogP contribution in [-0.4, -0.2) is 23.2 Å². The van der Waals surface area contributed by atoms with Gasteiger partial charge in [-0.25, -0.2) is 0 Å². The van der Waals surface area contributed by atoms with Crippen LogP contribution in [0, 0.1) is 0 Å². The number of anilines is 1. The molecule has 0 aromatic carbocycles. The number of nitrogens with zero attached hydrogens (tertiary/aromatic N) is 2. The van der Waals surface area contributed by atoms with Crippen molar-refractivity contribution >= 4 is 22.4 Å². The molecule has 15 heavy (non-hydrogen) atoms. The van der Waals surface area contributed by atoms with Gasteiger partial charge in [0.1, 0.15) is 11.6 Å².